The predicted octanol–water partition coefficient (Wildman–Crippen LogP) is 2.18. The molecule has 2 rings (SSSR count). The molecule has 0 amide bonds. The molecule has 0 spiro atoms. The van der Waals surface area contributed by atoms with Gasteiger partial charge in [-0.15, -0.1) is 0 Å². The monoisotopic (exact) mass is 215 g/mol. The molecule has 1 unspecified atom stereocenters. The number of methoxy groups -OCH3 is 1. The topological polar surface area (TPSA) is 50.2 Å². The Balaban J connectivity index is 2.28. The lowest BCUT2D eigenvalue weighted by Crippen LogP contribution is -2.20. The molecule has 16 heavy (non-hydrogen) atoms. The fourth-order valence-electron chi connectivity index (χ4n) is 1.88. The summed E-state index contributed by atoms with van der Waals surface area (Å²) in [7, 11) is 1.48. The number of carbonyl (C=O) groups is 1. The van der Waals surface area contributed by atoms with Gasteiger partial charge in [-0.1, -0.05) is 24.3 Å². The van der Waals surface area contributed by atoms with Gasteiger partial charge in [0, 0.05) is 12.0 Å². The molecular weight excluding hydrogens is 202 g/mol. The van der Waals surface area contributed by atoms with E-state index < -0.39 is 0 Å². The van der Waals surface area contributed by atoms with Crippen LogP contribution >= 0.6 is 0 Å². The van der Waals surface area contributed by atoms with E-state index in [1.807, 2.05) is 24.3 Å². The molecule has 82 valence electrons. The summed E-state index contributed by atoms with van der Waals surface area (Å²) < 4.78 is 5.03. The van der Waals surface area contributed by atoms with Crippen molar-refractivity contribution >= 4 is 11.5 Å². The Bertz CT molecular complexity index is 453. The van der Waals surface area contributed by atoms with Crippen molar-refractivity contribution in [2.75, 3.05) is 7.11 Å². The maximum atomic E-state index is 11.5. The zero-order chi connectivity index (χ0) is 11.5. The van der Waals surface area contributed by atoms with Crippen LogP contribution in [-0.4, -0.2) is 18.6 Å². The van der Waals surface area contributed by atoms with Crippen LogP contribution in [0.1, 0.15) is 6.42 Å². The maximum absolute atomic E-state index is 11.5. The minimum Gasteiger partial charge on any atom is -0.494 e. The van der Waals surface area contributed by atoms with Crippen LogP contribution in [0.2, 0.25) is 0 Å². The second-order valence-electron chi connectivity index (χ2n) is 3.75. The van der Waals surface area contributed by atoms with Crippen LogP contribution in [0.5, 0.6) is 0 Å². The van der Waals surface area contributed by atoms with Crippen molar-refractivity contribution in [2.45, 2.75) is 6.42 Å². The summed E-state index contributed by atoms with van der Waals surface area (Å²) in [5.41, 5.74) is 1.05. The number of ketones is 1. The molecule has 0 aromatic rings. The Morgan fingerprint density at radius 3 is 2.81 bits per heavy atom. The van der Waals surface area contributed by atoms with Gasteiger partial charge in [-0.3, -0.25) is 10.2 Å². The highest BCUT2D eigenvalue weighted by Gasteiger charge is 2.24. The summed E-state index contributed by atoms with van der Waals surface area (Å²) in [6.07, 6.45) is 11.7. The van der Waals surface area contributed by atoms with E-state index in [1.54, 1.807) is 0 Å². The van der Waals surface area contributed by atoms with Gasteiger partial charge >= 0.3 is 0 Å². The highest BCUT2D eigenvalue weighted by atomic mass is 16.5. The molecule has 0 heterocycles. The molecular formula is C13H13NO2. The van der Waals surface area contributed by atoms with Crippen molar-refractivity contribution < 1.29 is 9.53 Å². The van der Waals surface area contributed by atoms with Crippen LogP contribution in [-0.2, 0) is 9.53 Å². The molecule has 0 fully saturated rings. The third-order valence-corrected chi connectivity index (χ3v) is 2.71. The molecule has 1 N–H and O–H groups in total. The third-order valence-electron chi connectivity index (χ3n) is 2.71. The molecule has 2 aliphatic rings. The average molecular weight is 215 g/mol. The summed E-state index contributed by atoms with van der Waals surface area (Å²) in [6, 6.07) is 0. The Kier molecular flexibility index (Phi) is 2.86. The maximum Gasteiger partial charge on any atom is 0.182 e. The number of carbonyl (C=O) groups excluding carboxylic acids is 1. The number of hydrogen-bond acceptors (Lipinski definition) is 3. The van der Waals surface area contributed by atoms with Gasteiger partial charge in [0.25, 0.3) is 0 Å². The molecule has 0 aromatic carbocycles. The minimum absolute atomic E-state index is 0.106. The molecule has 0 saturated heterocycles. The van der Waals surface area contributed by atoms with Crippen molar-refractivity contribution in [3.8, 4) is 0 Å². The van der Waals surface area contributed by atoms with E-state index in [-0.39, 0.29) is 11.7 Å². The molecule has 1 atom stereocenters. The van der Waals surface area contributed by atoms with Gasteiger partial charge < -0.3 is 4.74 Å². The van der Waals surface area contributed by atoms with Crippen LogP contribution in [0.4, 0.5) is 0 Å². The first-order valence-electron chi connectivity index (χ1n) is 5.16. The first kappa shape index (κ1) is 10.6. The SMILES string of the molecule is COC1=CC(=O)C=C(C2C=CC=CC2)C1=N. The van der Waals surface area contributed by atoms with Gasteiger partial charge in [0.05, 0.1) is 7.11 Å². The van der Waals surface area contributed by atoms with Gasteiger partial charge in [0.1, 0.15) is 11.5 Å². The van der Waals surface area contributed by atoms with E-state index in [2.05, 4.69) is 0 Å². The van der Waals surface area contributed by atoms with Crippen molar-refractivity contribution in [1.82, 2.24) is 0 Å². The van der Waals surface area contributed by atoms with E-state index in [0.29, 0.717) is 11.5 Å². The standard InChI is InChI=1S/C13H13NO2/c1-16-12-8-10(15)7-11(13(12)14)9-5-3-2-4-6-9/h2-5,7-9,14H,6H2,1H3. The van der Waals surface area contributed by atoms with Gasteiger partial charge in [0.15, 0.2) is 5.78 Å². The summed E-state index contributed by atoms with van der Waals surface area (Å²) in [6.45, 7) is 0. The zero-order valence-electron chi connectivity index (χ0n) is 9.07. The normalized spacial score (nSPS) is 24.2. The molecule has 2 aliphatic carbocycles. The fraction of sp³-hybridized carbons (Fsp3) is 0.231. The molecule has 0 bridgehead atoms. The summed E-state index contributed by atoms with van der Waals surface area (Å²) in [5, 5.41) is 7.96. The van der Waals surface area contributed by atoms with Crippen LogP contribution in [0.25, 0.3) is 0 Å². The molecule has 0 aromatic heterocycles. The molecule has 3 nitrogen and oxygen atoms in total. The Hall–Kier alpha value is -1.90. The highest BCUT2D eigenvalue weighted by Crippen LogP contribution is 2.26. The van der Waals surface area contributed by atoms with Crippen LogP contribution in [0.3, 0.4) is 0 Å². The minimum atomic E-state index is -0.106. The van der Waals surface area contributed by atoms with E-state index in [9.17, 15) is 4.79 Å². The lowest BCUT2D eigenvalue weighted by molar-refractivity contribution is -0.110. The van der Waals surface area contributed by atoms with E-state index in [4.69, 9.17) is 10.1 Å². The van der Waals surface area contributed by atoms with E-state index >= 15 is 0 Å². The number of ether oxygens (including phenoxy) is 1. The Labute approximate surface area is 94.3 Å². The number of allylic oxidation sites excluding steroid dienone is 7. The average Bonchev–Trinajstić information content (AvgIpc) is 2.33. The van der Waals surface area contributed by atoms with Gasteiger partial charge in [0.2, 0.25) is 0 Å². The number of hydrogen-bond donors (Lipinski definition) is 1. The van der Waals surface area contributed by atoms with Crippen molar-refractivity contribution in [3.05, 3.63) is 47.8 Å². The van der Waals surface area contributed by atoms with Crippen molar-refractivity contribution in [2.24, 2.45) is 5.92 Å². The Morgan fingerprint density at radius 2 is 2.19 bits per heavy atom. The summed E-state index contributed by atoms with van der Waals surface area (Å²) in [5.74, 6) is 0.358. The second kappa shape index (κ2) is 4.31. The first-order valence-corrected chi connectivity index (χ1v) is 5.16. The van der Waals surface area contributed by atoms with Gasteiger partial charge in [-0.25, -0.2) is 0 Å². The van der Waals surface area contributed by atoms with Crippen LogP contribution in [0.15, 0.2) is 47.8 Å². The zero-order valence-corrected chi connectivity index (χ0v) is 9.07. The van der Waals surface area contributed by atoms with Crippen LogP contribution < -0.4 is 0 Å². The molecule has 0 aliphatic heterocycles. The third kappa shape index (κ3) is 1.89. The van der Waals surface area contributed by atoms with Gasteiger partial charge in [-0.2, -0.15) is 0 Å². The smallest absolute Gasteiger partial charge is 0.182 e. The molecule has 0 saturated carbocycles. The quantitative estimate of drug-likeness (QED) is 0.718. The van der Waals surface area contributed by atoms with E-state index in [0.717, 1.165) is 12.0 Å². The molecule has 0 radical (unpaired) electrons. The largest absolute Gasteiger partial charge is 0.494 e. The Morgan fingerprint density at radius 1 is 1.38 bits per heavy atom. The van der Waals surface area contributed by atoms with Gasteiger partial charge in [-0.05, 0) is 18.1 Å². The predicted molar refractivity (Wildman–Crippen MR) is 62.3 cm³/mol. The summed E-state index contributed by atoms with van der Waals surface area (Å²) >= 11 is 0. The fourth-order valence-corrected chi connectivity index (χ4v) is 1.88. The summed E-state index contributed by atoms with van der Waals surface area (Å²) in [4.78, 5) is 11.5. The second-order valence-corrected chi connectivity index (χ2v) is 3.75. The molecule has 3 heteroatoms. The number of nitrogens with one attached hydrogen (secondary N) is 1. The first-order chi connectivity index (χ1) is 7.72. The number of rotatable bonds is 2. The lowest BCUT2D eigenvalue weighted by atomic mass is 9.85. The van der Waals surface area contributed by atoms with E-state index in [1.165, 1.54) is 19.3 Å². The lowest BCUT2D eigenvalue weighted by Gasteiger charge is -2.21. The van der Waals surface area contributed by atoms with Crippen molar-refractivity contribution in [1.29, 1.82) is 5.41 Å². The highest BCUT2D eigenvalue weighted by molar-refractivity contribution is 6.20. The van der Waals surface area contributed by atoms with Crippen molar-refractivity contribution in [3.63, 3.8) is 0 Å². The van der Waals surface area contributed by atoms with Crippen LogP contribution in [0, 0.1) is 11.3 Å².